The number of ether oxygens (including phenoxy) is 1. The van der Waals surface area contributed by atoms with Gasteiger partial charge in [0.1, 0.15) is 23.2 Å². The number of aromatic hydroxyl groups is 1. The molecule has 2 bridgehead atoms. The van der Waals surface area contributed by atoms with Crippen LogP contribution < -0.4 is 4.90 Å². The van der Waals surface area contributed by atoms with Crippen molar-refractivity contribution in [1.82, 2.24) is 29.9 Å². The van der Waals surface area contributed by atoms with Crippen molar-refractivity contribution >= 4 is 12.0 Å². The molecule has 3 aromatic rings. The fourth-order valence-electron chi connectivity index (χ4n) is 5.49. The zero-order chi connectivity index (χ0) is 27.2. The molecular formula is C27H34FN7O3. The number of aryl methyl sites for hydroxylation is 1. The fourth-order valence-corrected chi connectivity index (χ4v) is 5.49. The Morgan fingerprint density at radius 1 is 1.18 bits per heavy atom. The summed E-state index contributed by atoms with van der Waals surface area (Å²) in [6.07, 6.45) is 6.11. The second-order valence-electron chi connectivity index (χ2n) is 11.2. The number of halogens is 1. The van der Waals surface area contributed by atoms with Gasteiger partial charge in [-0.1, -0.05) is 6.07 Å². The highest BCUT2D eigenvalue weighted by Gasteiger charge is 2.50. The molecule has 5 rings (SSSR count). The molecule has 4 atom stereocenters. The van der Waals surface area contributed by atoms with Gasteiger partial charge in [0.25, 0.3) is 0 Å². The number of carbonyl (C=O) groups excluding carboxylic acids is 1. The summed E-state index contributed by atoms with van der Waals surface area (Å²) in [5.74, 6) is 0.339. The molecule has 0 spiro atoms. The lowest BCUT2D eigenvalue weighted by Crippen LogP contribution is -2.65. The number of benzene rings is 1. The van der Waals surface area contributed by atoms with E-state index in [0.717, 1.165) is 24.0 Å². The van der Waals surface area contributed by atoms with Gasteiger partial charge in [0.2, 0.25) is 5.95 Å². The average molecular weight is 524 g/mol. The fraction of sp³-hybridized carbons (Fsp3) is 0.519. The number of alkyl halides is 1. The topological polar surface area (TPSA) is 110 Å². The number of anilines is 1. The van der Waals surface area contributed by atoms with Gasteiger partial charge in [-0.25, -0.2) is 14.2 Å². The third-order valence-electron chi connectivity index (χ3n) is 7.32. The van der Waals surface area contributed by atoms with Gasteiger partial charge in [-0.05, 0) is 64.2 Å². The Labute approximate surface area is 221 Å². The number of phenolic OH excluding ortho intramolecular Hbond substituents is 1. The van der Waals surface area contributed by atoms with Crippen molar-refractivity contribution < 1.29 is 19.0 Å². The standard InChI is InChI=1S/C27H34FN7O3/c1-27(2,3)38-26(37)35-18-7-6-8-21(35)24(28)22(12-18)34(5)25-29-14-20(31-32-25)19-10-9-16(11-23(19)36)17-13-30-33(4)15-17/h9-11,13-15,18,21-22,24,36H,6-8,12H2,1-5H3/t18-,21+,22-,24+/m0/s1. The number of fused-ring (bicyclic) bond motifs is 2. The number of rotatable bonds is 4. The maximum absolute atomic E-state index is 15.9. The van der Waals surface area contributed by atoms with Crippen LogP contribution in [-0.2, 0) is 11.8 Å². The largest absolute Gasteiger partial charge is 0.507 e. The summed E-state index contributed by atoms with van der Waals surface area (Å²) in [5.41, 5.74) is 1.98. The second kappa shape index (κ2) is 9.85. The van der Waals surface area contributed by atoms with Crippen molar-refractivity contribution in [2.24, 2.45) is 7.05 Å². The highest BCUT2D eigenvalue weighted by atomic mass is 19.1. The van der Waals surface area contributed by atoms with Gasteiger partial charge < -0.3 is 14.7 Å². The normalized spacial score (nSPS) is 23.3. The maximum Gasteiger partial charge on any atom is 0.410 e. The molecule has 2 fully saturated rings. The zero-order valence-electron chi connectivity index (χ0n) is 22.4. The maximum atomic E-state index is 15.9. The Balaban J connectivity index is 1.32. The minimum atomic E-state index is -1.28. The first-order valence-corrected chi connectivity index (χ1v) is 12.9. The van der Waals surface area contributed by atoms with Crippen LogP contribution in [0.1, 0.15) is 46.5 Å². The van der Waals surface area contributed by atoms with Crippen LogP contribution in [0.3, 0.4) is 0 Å². The van der Waals surface area contributed by atoms with Crippen LogP contribution in [0.2, 0.25) is 0 Å². The molecule has 2 saturated heterocycles. The van der Waals surface area contributed by atoms with E-state index in [0.29, 0.717) is 24.1 Å². The number of aromatic nitrogens is 5. The van der Waals surface area contributed by atoms with E-state index < -0.39 is 29.9 Å². The Morgan fingerprint density at radius 2 is 1.97 bits per heavy atom. The van der Waals surface area contributed by atoms with E-state index in [1.54, 1.807) is 39.9 Å². The third kappa shape index (κ3) is 5.01. The van der Waals surface area contributed by atoms with Crippen molar-refractivity contribution in [3.8, 4) is 28.1 Å². The van der Waals surface area contributed by atoms with E-state index in [1.165, 1.54) is 6.20 Å². The van der Waals surface area contributed by atoms with E-state index in [4.69, 9.17) is 4.74 Å². The molecule has 2 aromatic heterocycles. The van der Waals surface area contributed by atoms with E-state index >= 15 is 4.39 Å². The van der Waals surface area contributed by atoms with E-state index in [1.807, 2.05) is 40.1 Å². The third-order valence-corrected chi connectivity index (χ3v) is 7.32. The molecule has 11 heteroatoms. The van der Waals surface area contributed by atoms with Gasteiger partial charge >= 0.3 is 6.09 Å². The summed E-state index contributed by atoms with van der Waals surface area (Å²) in [4.78, 5) is 20.7. The summed E-state index contributed by atoms with van der Waals surface area (Å²) in [6, 6.07) is 4.14. The summed E-state index contributed by atoms with van der Waals surface area (Å²) in [5, 5.41) is 23.3. The lowest BCUT2D eigenvalue weighted by Gasteiger charge is -2.51. The monoisotopic (exact) mass is 523 g/mol. The SMILES string of the molecule is CN(c1ncc(-c2ccc(-c3cnn(C)c3)cc2O)nn1)[C@H]1C[C@@H]2CCC[C@H]([C@H]1F)N2C(=O)OC(C)(C)C. The van der Waals surface area contributed by atoms with Gasteiger partial charge in [-0.15, -0.1) is 10.2 Å². The predicted octanol–water partition coefficient (Wildman–Crippen LogP) is 4.35. The van der Waals surface area contributed by atoms with Crippen LogP contribution in [-0.4, -0.2) is 78.0 Å². The minimum absolute atomic E-state index is 0.0507. The van der Waals surface area contributed by atoms with Crippen LogP contribution in [0.25, 0.3) is 22.4 Å². The first-order chi connectivity index (χ1) is 18.0. The van der Waals surface area contributed by atoms with Crippen molar-refractivity contribution in [2.45, 2.75) is 76.4 Å². The van der Waals surface area contributed by atoms with Gasteiger partial charge in [-0.2, -0.15) is 5.10 Å². The van der Waals surface area contributed by atoms with Crippen LogP contribution >= 0.6 is 0 Å². The lowest BCUT2D eigenvalue weighted by atomic mass is 9.80. The lowest BCUT2D eigenvalue weighted by molar-refractivity contribution is -0.0468. The number of hydrogen-bond donors (Lipinski definition) is 1. The molecule has 0 unspecified atom stereocenters. The number of hydrogen-bond acceptors (Lipinski definition) is 8. The smallest absolute Gasteiger partial charge is 0.410 e. The number of piperidine rings is 2. The van der Waals surface area contributed by atoms with Crippen LogP contribution in [0, 0.1) is 0 Å². The molecule has 0 radical (unpaired) electrons. The van der Waals surface area contributed by atoms with Gasteiger partial charge in [0, 0.05) is 37.5 Å². The van der Waals surface area contributed by atoms with E-state index in [-0.39, 0.29) is 17.7 Å². The average Bonchev–Trinajstić information content (AvgIpc) is 3.31. The van der Waals surface area contributed by atoms with Gasteiger partial charge in [0.05, 0.1) is 24.5 Å². The molecule has 202 valence electrons. The molecule has 1 aromatic carbocycles. The number of phenols is 1. The molecule has 38 heavy (non-hydrogen) atoms. The van der Waals surface area contributed by atoms with Crippen molar-refractivity contribution in [3.63, 3.8) is 0 Å². The van der Waals surface area contributed by atoms with Gasteiger partial charge in [-0.3, -0.25) is 9.58 Å². The molecule has 4 heterocycles. The molecule has 0 aliphatic carbocycles. The molecule has 2 aliphatic rings. The molecule has 2 aliphatic heterocycles. The molecule has 0 saturated carbocycles. The first-order valence-electron chi connectivity index (χ1n) is 12.9. The molecular weight excluding hydrogens is 489 g/mol. The summed E-state index contributed by atoms with van der Waals surface area (Å²) >= 11 is 0. The van der Waals surface area contributed by atoms with Crippen molar-refractivity contribution in [2.75, 3.05) is 11.9 Å². The minimum Gasteiger partial charge on any atom is -0.507 e. The summed E-state index contributed by atoms with van der Waals surface area (Å²) in [6.45, 7) is 5.45. The predicted molar refractivity (Wildman–Crippen MR) is 140 cm³/mol. The summed E-state index contributed by atoms with van der Waals surface area (Å²) in [7, 11) is 3.59. The Bertz CT molecular complexity index is 1310. The van der Waals surface area contributed by atoms with Crippen LogP contribution in [0.15, 0.2) is 36.8 Å². The molecule has 10 nitrogen and oxygen atoms in total. The highest BCUT2D eigenvalue weighted by Crippen LogP contribution is 2.39. The Kier molecular flexibility index (Phi) is 6.70. The van der Waals surface area contributed by atoms with Crippen molar-refractivity contribution in [3.05, 3.63) is 36.8 Å². The number of carbonyl (C=O) groups is 1. The highest BCUT2D eigenvalue weighted by molar-refractivity contribution is 5.73. The number of nitrogens with zero attached hydrogens (tertiary/aromatic N) is 7. The van der Waals surface area contributed by atoms with Crippen LogP contribution in [0.4, 0.5) is 15.1 Å². The van der Waals surface area contributed by atoms with Gasteiger partial charge in [0.15, 0.2) is 0 Å². The van der Waals surface area contributed by atoms with Crippen LogP contribution in [0.5, 0.6) is 5.75 Å². The number of amides is 1. The zero-order valence-corrected chi connectivity index (χ0v) is 22.4. The quantitative estimate of drug-likeness (QED) is 0.538. The second-order valence-corrected chi connectivity index (χ2v) is 11.2. The Morgan fingerprint density at radius 3 is 2.61 bits per heavy atom. The van der Waals surface area contributed by atoms with E-state index in [9.17, 15) is 9.90 Å². The molecule has 1 N–H and O–H groups in total. The Hall–Kier alpha value is -3.76. The van der Waals surface area contributed by atoms with Crippen molar-refractivity contribution in [1.29, 1.82) is 0 Å². The summed E-state index contributed by atoms with van der Waals surface area (Å²) < 4.78 is 23.2. The van der Waals surface area contributed by atoms with E-state index in [2.05, 4.69) is 20.3 Å². The molecule has 1 amide bonds. The first kappa shape index (κ1) is 25.9.